The van der Waals surface area contributed by atoms with Gasteiger partial charge < -0.3 is 10.1 Å². The van der Waals surface area contributed by atoms with Crippen LogP contribution < -0.4 is 10.1 Å². The van der Waals surface area contributed by atoms with Crippen molar-refractivity contribution in [1.29, 1.82) is 0 Å². The fourth-order valence-corrected chi connectivity index (χ4v) is 1.88. The molecule has 0 heterocycles. The van der Waals surface area contributed by atoms with Crippen molar-refractivity contribution in [3.8, 4) is 5.75 Å². The first-order valence-corrected chi connectivity index (χ1v) is 6.99. The van der Waals surface area contributed by atoms with Crippen LogP contribution in [0.2, 0.25) is 0 Å². The summed E-state index contributed by atoms with van der Waals surface area (Å²) in [4.78, 5) is 0. The Kier molecular flexibility index (Phi) is 5.42. The predicted molar refractivity (Wildman–Crippen MR) is 80.8 cm³/mol. The topological polar surface area (TPSA) is 21.3 Å². The van der Waals surface area contributed by atoms with Gasteiger partial charge in [-0.25, -0.2) is 4.39 Å². The molecule has 0 saturated carbocycles. The zero-order chi connectivity index (χ0) is 14.2. The highest BCUT2D eigenvalue weighted by molar-refractivity contribution is 5.42. The number of anilines is 1. The second-order valence-corrected chi connectivity index (χ2v) is 4.63. The summed E-state index contributed by atoms with van der Waals surface area (Å²) in [7, 11) is 0. The molecule has 2 aromatic rings. The zero-order valence-electron chi connectivity index (χ0n) is 11.7. The molecule has 0 amide bonds. The number of rotatable bonds is 7. The van der Waals surface area contributed by atoms with E-state index in [2.05, 4.69) is 24.4 Å². The first-order valence-electron chi connectivity index (χ1n) is 6.99. The monoisotopic (exact) mass is 273 g/mol. The van der Waals surface area contributed by atoms with E-state index in [-0.39, 0.29) is 5.82 Å². The van der Waals surface area contributed by atoms with E-state index in [0.717, 1.165) is 30.8 Å². The molecule has 0 aromatic heterocycles. The summed E-state index contributed by atoms with van der Waals surface area (Å²) >= 11 is 0. The Balaban J connectivity index is 1.64. The minimum atomic E-state index is -0.214. The third-order valence-corrected chi connectivity index (χ3v) is 3.09. The maximum atomic E-state index is 12.7. The summed E-state index contributed by atoms with van der Waals surface area (Å²) in [6.07, 6.45) is 1.94. The van der Waals surface area contributed by atoms with Crippen molar-refractivity contribution in [2.24, 2.45) is 0 Å². The van der Waals surface area contributed by atoms with E-state index in [9.17, 15) is 4.39 Å². The van der Waals surface area contributed by atoms with Gasteiger partial charge >= 0.3 is 0 Å². The number of aryl methyl sites for hydroxylation is 1. The molecule has 2 aromatic carbocycles. The van der Waals surface area contributed by atoms with Gasteiger partial charge in [0.15, 0.2) is 0 Å². The van der Waals surface area contributed by atoms with Gasteiger partial charge in [0.2, 0.25) is 0 Å². The van der Waals surface area contributed by atoms with Crippen molar-refractivity contribution in [2.75, 3.05) is 18.5 Å². The first-order chi connectivity index (χ1) is 9.78. The van der Waals surface area contributed by atoms with Crippen LogP contribution in [-0.2, 0) is 6.42 Å². The molecule has 0 radical (unpaired) electrons. The Morgan fingerprint density at radius 2 is 1.70 bits per heavy atom. The molecule has 20 heavy (non-hydrogen) atoms. The van der Waals surface area contributed by atoms with Crippen molar-refractivity contribution in [2.45, 2.75) is 19.8 Å². The SMILES string of the molecule is CCc1ccc(OCCCNc2ccc(F)cc2)cc1. The maximum Gasteiger partial charge on any atom is 0.123 e. The average Bonchev–Trinajstić information content (AvgIpc) is 2.49. The number of hydrogen-bond acceptors (Lipinski definition) is 2. The molecule has 0 aliphatic heterocycles. The second kappa shape index (κ2) is 7.53. The van der Waals surface area contributed by atoms with Crippen molar-refractivity contribution >= 4 is 5.69 Å². The van der Waals surface area contributed by atoms with Crippen LogP contribution in [0.5, 0.6) is 5.75 Å². The lowest BCUT2D eigenvalue weighted by Crippen LogP contribution is -2.07. The lowest BCUT2D eigenvalue weighted by atomic mass is 10.2. The summed E-state index contributed by atoms with van der Waals surface area (Å²) < 4.78 is 18.4. The summed E-state index contributed by atoms with van der Waals surface area (Å²) in [5, 5.41) is 3.23. The van der Waals surface area contributed by atoms with Crippen LogP contribution in [0, 0.1) is 5.82 Å². The Hall–Kier alpha value is -2.03. The smallest absolute Gasteiger partial charge is 0.123 e. The average molecular weight is 273 g/mol. The van der Waals surface area contributed by atoms with E-state index in [4.69, 9.17) is 4.74 Å². The van der Waals surface area contributed by atoms with Crippen LogP contribution in [0.15, 0.2) is 48.5 Å². The van der Waals surface area contributed by atoms with Gasteiger partial charge in [0, 0.05) is 12.2 Å². The van der Waals surface area contributed by atoms with Crippen molar-refractivity contribution in [1.82, 2.24) is 0 Å². The fourth-order valence-electron chi connectivity index (χ4n) is 1.88. The normalized spacial score (nSPS) is 10.3. The Morgan fingerprint density at radius 3 is 2.35 bits per heavy atom. The van der Waals surface area contributed by atoms with Gasteiger partial charge in [0.05, 0.1) is 6.61 Å². The second-order valence-electron chi connectivity index (χ2n) is 4.63. The van der Waals surface area contributed by atoms with Crippen molar-refractivity contribution < 1.29 is 9.13 Å². The number of halogens is 1. The molecule has 0 aliphatic rings. The standard InChI is InChI=1S/C17H20FNO/c1-2-14-4-10-17(11-5-14)20-13-3-12-19-16-8-6-15(18)7-9-16/h4-11,19H,2-3,12-13H2,1H3. The molecule has 0 saturated heterocycles. The van der Waals surface area contributed by atoms with Crippen LogP contribution >= 0.6 is 0 Å². The van der Waals surface area contributed by atoms with Gasteiger partial charge in [-0.05, 0) is 54.8 Å². The molecule has 0 bridgehead atoms. The zero-order valence-corrected chi connectivity index (χ0v) is 11.7. The molecule has 1 N–H and O–H groups in total. The fraction of sp³-hybridized carbons (Fsp3) is 0.294. The van der Waals surface area contributed by atoms with Crippen LogP contribution in [0.1, 0.15) is 18.9 Å². The molecule has 0 fully saturated rings. The molecule has 106 valence electrons. The minimum Gasteiger partial charge on any atom is -0.494 e. The van der Waals surface area contributed by atoms with E-state index in [1.54, 1.807) is 12.1 Å². The van der Waals surface area contributed by atoms with Gasteiger partial charge in [-0.3, -0.25) is 0 Å². The number of nitrogens with one attached hydrogen (secondary N) is 1. The molecule has 0 spiro atoms. The van der Waals surface area contributed by atoms with Gasteiger partial charge in [-0.15, -0.1) is 0 Å². The molecule has 3 heteroatoms. The van der Waals surface area contributed by atoms with Crippen LogP contribution in [0.4, 0.5) is 10.1 Å². The lowest BCUT2D eigenvalue weighted by Gasteiger charge is -2.08. The Bertz CT molecular complexity index is 508. The lowest BCUT2D eigenvalue weighted by molar-refractivity contribution is 0.315. The highest BCUT2D eigenvalue weighted by Crippen LogP contribution is 2.13. The third kappa shape index (κ3) is 4.57. The van der Waals surface area contributed by atoms with Gasteiger partial charge in [-0.2, -0.15) is 0 Å². The van der Waals surface area contributed by atoms with E-state index in [0.29, 0.717) is 6.61 Å². The van der Waals surface area contributed by atoms with Gasteiger partial charge in [-0.1, -0.05) is 19.1 Å². The number of ether oxygens (including phenoxy) is 1. The van der Waals surface area contributed by atoms with E-state index >= 15 is 0 Å². The van der Waals surface area contributed by atoms with Gasteiger partial charge in [0.25, 0.3) is 0 Å². The molecular weight excluding hydrogens is 253 g/mol. The Labute approximate surface area is 119 Å². The molecule has 0 aliphatic carbocycles. The molecule has 0 unspecified atom stereocenters. The quantitative estimate of drug-likeness (QED) is 0.761. The largest absolute Gasteiger partial charge is 0.494 e. The van der Waals surface area contributed by atoms with Crippen LogP contribution in [0.3, 0.4) is 0 Å². The predicted octanol–water partition coefficient (Wildman–Crippen LogP) is 4.27. The summed E-state index contributed by atoms with van der Waals surface area (Å²) in [5.41, 5.74) is 2.24. The number of hydrogen-bond donors (Lipinski definition) is 1. The third-order valence-electron chi connectivity index (χ3n) is 3.09. The van der Waals surface area contributed by atoms with Crippen LogP contribution in [-0.4, -0.2) is 13.2 Å². The summed E-state index contributed by atoms with van der Waals surface area (Å²) in [6.45, 7) is 3.61. The Morgan fingerprint density at radius 1 is 1.00 bits per heavy atom. The highest BCUT2D eigenvalue weighted by atomic mass is 19.1. The van der Waals surface area contributed by atoms with Gasteiger partial charge in [0.1, 0.15) is 11.6 Å². The highest BCUT2D eigenvalue weighted by Gasteiger charge is 1.96. The molecule has 0 atom stereocenters. The minimum absolute atomic E-state index is 0.214. The summed E-state index contributed by atoms with van der Waals surface area (Å²) in [6, 6.07) is 14.6. The van der Waals surface area contributed by atoms with E-state index in [1.165, 1.54) is 17.7 Å². The molecule has 2 rings (SSSR count). The van der Waals surface area contributed by atoms with Crippen molar-refractivity contribution in [3.05, 3.63) is 59.9 Å². The van der Waals surface area contributed by atoms with E-state index in [1.807, 2.05) is 12.1 Å². The molecular formula is C17H20FNO. The number of benzene rings is 2. The maximum absolute atomic E-state index is 12.7. The van der Waals surface area contributed by atoms with E-state index < -0.39 is 0 Å². The van der Waals surface area contributed by atoms with Crippen molar-refractivity contribution in [3.63, 3.8) is 0 Å². The summed E-state index contributed by atoms with van der Waals surface area (Å²) in [5.74, 6) is 0.693. The first kappa shape index (κ1) is 14.4. The van der Waals surface area contributed by atoms with Crippen LogP contribution in [0.25, 0.3) is 0 Å². The molecule has 2 nitrogen and oxygen atoms in total.